The van der Waals surface area contributed by atoms with Gasteiger partial charge in [-0.1, -0.05) is 0 Å². The summed E-state index contributed by atoms with van der Waals surface area (Å²) in [5, 5.41) is 0. The van der Waals surface area contributed by atoms with Gasteiger partial charge in [0.1, 0.15) is 0 Å². The van der Waals surface area contributed by atoms with Crippen molar-refractivity contribution in [3.63, 3.8) is 0 Å². The van der Waals surface area contributed by atoms with Gasteiger partial charge < -0.3 is 13.3 Å². The third-order valence-electron chi connectivity index (χ3n) is 2.31. The van der Waals surface area contributed by atoms with Crippen LogP contribution in [0.15, 0.2) is 0 Å². The van der Waals surface area contributed by atoms with Crippen LogP contribution in [0.2, 0.25) is 0 Å². The van der Waals surface area contributed by atoms with Crippen molar-refractivity contribution in [2.45, 2.75) is 30.8 Å². The highest BCUT2D eigenvalue weighted by Gasteiger charge is 2.81. The molecule has 0 radical (unpaired) electrons. The molecule has 4 nitrogen and oxygen atoms in total. The van der Waals surface area contributed by atoms with Gasteiger partial charge in [-0.25, -0.2) is 0 Å². The Kier molecular flexibility index (Phi) is 5.80. The van der Waals surface area contributed by atoms with Gasteiger partial charge in [-0.05, 0) is 0 Å². The van der Waals surface area contributed by atoms with Crippen LogP contribution < -0.4 is 0 Å². The van der Waals surface area contributed by atoms with Crippen LogP contribution in [0.5, 0.6) is 0 Å². The topological polar surface area (TPSA) is 36.9 Å². The molecule has 0 bridgehead atoms. The first-order chi connectivity index (χ1) is 9.14. The molecule has 0 rings (SSSR count). The maximum atomic E-state index is 13.3. The van der Waals surface area contributed by atoms with Crippen molar-refractivity contribution < 1.29 is 52.8 Å². The van der Waals surface area contributed by atoms with E-state index in [4.69, 9.17) is 0 Å². The fraction of sp³-hybridized carbons (Fsp3) is 1.00. The molecule has 13 heteroatoms. The highest BCUT2D eigenvalue weighted by atomic mass is 28.4. The zero-order chi connectivity index (χ0) is 17.3. The molecule has 0 aliphatic heterocycles. The predicted octanol–water partition coefficient (Wildman–Crippen LogP) is 2.90. The minimum atomic E-state index is -6.56. The maximum absolute atomic E-state index is 13.3. The molecule has 128 valence electrons. The van der Waals surface area contributed by atoms with E-state index in [1.807, 2.05) is 0 Å². The fourth-order valence-electron chi connectivity index (χ4n) is 1.05. The molecule has 0 fully saturated rings. The average molecular weight is 352 g/mol. The van der Waals surface area contributed by atoms with Gasteiger partial charge in [0.2, 0.25) is 0 Å². The zero-order valence-electron chi connectivity index (χ0n) is 11.2. The summed E-state index contributed by atoms with van der Waals surface area (Å²) in [5.41, 5.74) is 0. The number of hydrogen-bond acceptors (Lipinski definition) is 4. The van der Waals surface area contributed by atoms with Crippen LogP contribution in [0.4, 0.5) is 35.1 Å². The molecule has 0 aromatic rings. The third kappa shape index (κ3) is 3.47. The van der Waals surface area contributed by atoms with Gasteiger partial charge in [0, 0.05) is 28.3 Å². The Hall–Kier alpha value is -0.503. The van der Waals surface area contributed by atoms with Gasteiger partial charge in [-0.15, -0.1) is 0 Å². The largest absolute Gasteiger partial charge is 0.683 e. The zero-order valence-corrected chi connectivity index (χ0v) is 12.2. The molecular weight excluding hydrogens is 340 g/mol. The average Bonchev–Trinajstić information content (AvgIpc) is 2.34. The number of hydrogen-bond donors (Lipinski definition) is 0. The number of alkyl halides is 8. The SMILES string of the molecule is CO[Si](OC)(OC)OC(F)(F)C(F)(F)C(F)(F)C(C)(F)F. The monoisotopic (exact) mass is 352 g/mol. The molecule has 0 aliphatic carbocycles. The van der Waals surface area contributed by atoms with E-state index >= 15 is 0 Å². The summed E-state index contributed by atoms with van der Waals surface area (Å²) in [7, 11) is -2.95. The first-order valence-corrected chi connectivity index (χ1v) is 6.64. The Bertz CT molecular complexity index is 346. The Labute approximate surface area is 115 Å². The third-order valence-corrected chi connectivity index (χ3v) is 4.32. The molecule has 0 aliphatic rings. The molecule has 0 atom stereocenters. The van der Waals surface area contributed by atoms with Crippen molar-refractivity contribution in [2.75, 3.05) is 21.3 Å². The van der Waals surface area contributed by atoms with E-state index in [0.717, 1.165) is 0 Å². The van der Waals surface area contributed by atoms with Crippen LogP contribution in [0.1, 0.15) is 6.92 Å². The molecule has 21 heavy (non-hydrogen) atoms. The van der Waals surface area contributed by atoms with Crippen LogP contribution >= 0.6 is 0 Å². The van der Waals surface area contributed by atoms with E-state index in [1.54, 1.807) is 0 Å². The minimum Gasteiger partial charge on any atom is -0.354 e. The van der Waals surface area contributed by atoms with Crippen LogP contribution in [0.3, 0.4) is 0 Å². The van der Waals surface area contributed by atoms with Gasteiger partial charge >= 0.3 is 32.9 Å². The molecule has 0 aromatic carbocycles. The second-order valence-electron chi connectivity index (χ2n) is 3.77. The summed E-state index contributed by atoms with van der Waals surface area (Å²) < 4.78 is 120. The molecular formula is C8H12F8O4Si. The maximum Gasteiger partial charge on any atom is 0.683 e. The summed E-state index contributed by atoms with van der Waals surface area (Å²) in [6.07, 6.45) is -6.05. The van der Waals surface area contributed by atoms with Crippen molar-refractivity contribution in [1.29, 1.82) is 0 Å². The van der Waals surface area contributed by atoms with Crippen LogP contribution in [-0.4, -0.2) is 54.3 Å². The van der Waals surface area contributed by atoms with E-state index in [-0.39, 0.29) is 0 Å². The van der Waals surface area contributed by atoms with Gasteiger partial charge in [-0.3, -0.25) is 4.43 Å². The van der Waals surface area contributed by atoms with Crippen molar-refractivity contribution >= 4 is 9.05 Å². The van der Waals surface area contributed by atoms with E-state index in [2.05, 4.69) is 17.7 Å². The summed E-state index contributed by atoms with van der Waals surface area (Å²) >= 11 is 0. The van der Waals surface area contributed by atoms with Gasteiger partial charge in [0.25, 0.3) is 0 Å². The van der Waals surface area contributed by atoms with Crippen LogP contribution in [0.25, 0.3) is 0 Å². The first-order valence-electron chi connectivity index (χ1n) is 5.01. The summed E-state index contributed by atoms with van der Waals surface area (Å²) in [5.74, 6) is -18.4. The number of rotatable bonds is 8. The standard InChI is InChI=1S/C8H12F8O4Si/c1-5(9,10)6(11,12)7(13,14)8(15,16)20-21(17-2,18-3)19-4/h1-4H3. The van der Waals surface area contributed by atoms with Gasteiger partial charge in [-0.2, -0.15) is 35.1 Å². The fourth-order valence-corrected chi connectivity index (χ4v) is 2.25. The quantitative estimate of drug-likeness (QED) is 0.497. The smallest absolute Gasteiger partial charge is 0.354 e. The molecule has 0 amide bonds. The second kappa shape index (κ2) is 5.95. The summed E-state index contributed by atoms with van der Waals surface area (Å²) in [4.78, 5) is 0. The van der Waals surface area contributed by atoms with Crippen molar-refractivity contribution in [2.24, 2.45) is 0 Å². The van der Waals surface area contributed by atoms with Crippen LogP contribution in [-0.2, 0) is 17.7 Å². The molecule has 0 aromatic heterocycles. The minimum absolute atomic E-state index is 0.634. The normalized spacial score (nSPS) is 15.4. The lowest BCUT2D eigenvalue weighted by molar-refractivity contribution is -0.415. The Morgan fingerprint density at radius 3 is 1.24 bits per heavy atom. The molecule has 0 unspecified atom stereocenters. The Morgan fingerprint density at radius 2 is 1.00 bits per heavy atom. The van der Waals surface area contributed by atoms with Crippen molar-refractivity contribution in [3.05, 3.63) is 0 Å². The lowest BCUT2D eigenvalue weighted by atomic mass is 10.1. The van der Waals surface area contributed by atoms with E-state index in [9.17, 15) is 35.1 Å². The Balaban J connectivity index is 5.68. The molecule has 0 spiro atoms. The van der Waals surface area contributed by atoms with Crippen molar-refractivity contribution in [3.8, 4) is 0 Å². The summed E-state index contributed by atoms with van der Waals surface area (Å²) in [6, 6.07) is 0. The van der Waals surface area contributed by atoms with Crippen molar-refractivity contribution in [1.82, 2.24) is 0 Å². The molecule has 0 N–H and O–H groups in total. The number of halogens is 8. The van der Waals surface area contributed by atoms with Crippen LogP contribution in [0, 0.1) is 0 Å². The predicted molar refractivity (Wildman–Crippen MR) is 53.3 cm³/mol. The second-order valence-corrected chi connectivity index (χ2v) is 6.20. The van der Waals surface area contributed by atoms with Gasteiger partial charge in [0.05, 0.1) is 0 Å². The molecule has 0 saturated carbocycles. The molecule has 0 saturated heterocycles. The highest BCUT2D eigenvalue weighted by molar-refractivity contribution is 6.53. The highest BCUT2D eigenvalue weighted by Crippen LogP contribution is 2.53. The lowest BCUT2D eigenvalue weighted by Crippen LogP contribution is -2.65. The first kappa shape index (κ1) is 20.5. The lowest BCUT2D eigenvalue weighted by Gasteiger charge is -2.37. The van der Waals surface area contributed by atoms with Gasteiger partial charge in [0.15, 0.2) is 0 Å². The van der Waals surface area contributed by atoms with E-state index < -0.39 is 39.8 Å². The summed E-state index contributed by atoms with van der Waals surface area (Å²) in [6.45, 7) is -0.634. The van der Waals surface area contributed by atoms with E-state index in [1.165, 1.54) is 0 Å². The van der Waals surface area contributed by atoms with E-state index in [0.29, 0.717) is 21.3 Å². The molecule has 0 heterocycles. The Morgan fingerprint density at radius 1 is 0.667 bits per heavy atom.